The van der Waals surface area contributed by atoms with Crippen molar-refractivity contribution in [3.05, 3.63) is 65.8 Å². The summed E-state index contributed by atoms with van der Waals surface area (Å²) in [5, 5.41) is 8.77. The van der Waals surface area contributed by atoms with Gasteiger partial charge in [-0.3, -0.25) is 0 Å². The Labute approximate surface area is 110 Å². The first-order valence-electron chi connectivity index (χ1n) is 5.57. The molecule has 4 heteroatoms. The average Bonchev–Trinajstić information content (AvgIpc) is 2.89. The van der Waals surface area contributed by atoms with Crippen LogP contribution in [-0.4, -0.2) is 15.0 Å². The fourth-order valence-electron chi connectivity index (χ4n) is 1.84. The second-order valence-electron chi connectivity index (χ2n) is 3.88. The van der Waals surface area contributed by atoms with Crippen molar-refractivity contribution >= 4 is 11.6 Å². The maximum Gasteiger partial charge on any atom is 0.0944 e. The van der Waals surface area contributed by atoms with Crippen LogP contribution in [0.5, 0.6) is 0 Å². The van der Waals surface area contributed by atoms with Gasteiger partial charge in [-0.25, -0.2) is 4.68 Å². The molecule has 0 aliphatic rings. The van der Waals surface area contributed by atoms with Crippen LogP contribution >= 0.6 is 11.6 Å². The van der Waals surface area contributed by atoms with Crippen LogP contribution in [0.1, 0.15) is 0 Å². The monoisotopic (exact) mass is 255 g/mol. The van der Waals surface area contributed by atoms with E-state index in [4.69, 9.17) is 11.6 Å². The molecule has 0 atom stereocenters. The van der Waals surface area contributed by atoms with Gasteiger partial charge in [-0.15, -0.1) is 5.10 Å². The second kappa shape index (κ2) is 4.63. The molecule has 0 fully saturated rings. The van der Waals surface area contributed by atoms with Gasteiger partial charge in [0.2, 0.25) is 0 Å². The van der Waals surface area contributed by atoms with Gasteiger partial charge in [0.1, 0.15) is 0 Å². The van der Waals surface area contributed by atoms with Crippen LogP contribution < -0.4 is 0 Å². The van der Waals surface area contributed by atoms with Crippen molar-refractivity contribution in [2.75, 3.05) is 0 Å². The Morgan fingerprint density at radius 2 is 1.78 bits per heavy atom. The normalized spacial score (nSPS) is 10.5. The fourth-order valence-corrected chi connectivity index (χ4v) is 2.02. The summed E-state index contributed by atoms with van der Waals surface area (Å²) in [6.07, 6.45) is 1.75. The Balaban J connectivity index is 2.13. The van der Waals surface area contributed by atoms with E-state index in [-0.39, 0.29) is 0 Å². The molecule has 0 unspecified atom stereocenters. The number of hydrogen-bond donors (Lipinski definition) is 0. The van der Waals surface area contributed by atoms with Crippen LogP contribution in [-0.2, 0) is 0 Å². The van der Waals surface area contributed by atoms with Crippen LogP contribution in [0.3, 0.4) is 0 Å². The summed E-state index contributed by atoms with van der Waals surface area (Å²) in [7, 11) is 0. The van der Waals surface area contributed by atoms with E-state index in [0.717, 1.165) is 16.9 Å². The van der Waals surface area contributed by atoms with Gasteiger partial charge in [-0.05, 0) is 18.2 Å². The van der Waals surface area contributed by atoms with Gasteiger partial charge in [-0.2, -0.15) is 0 Å². The number of halogens is 1. The zero-order chi connectivity index (χ0) is 12.4. The van der Waals surface area contributed by atoms with Crippen LogP contribution in [0.4, 0.5) is 0 Å². The highest BCUT2D eigenvalue weighted by atomic mass is 35.5. The molecule has 2 aromatic carbocycles. The van der Waals surface area contributed by atoms with Gasteiger partial charge in [-0.1, -0.05) is 53.2 Å². The zero-order valence-corrected chi connectivity index (χ0v) is 10.2. The van der Waals surface area contributed by atoms with E-state index in [1.165, 1.54) is 0 Å². The minimum Gasteiger partial charge on any atom is -0.213 e. The second-order valence-corrected chi connectivity index (χ2v) is 4.31. The molecule has 88 valence electrons. The molecule has 0 spiro atoms. The summed E-state index contributed by atoms with van der Waals surface area (Å²) in [6.45, 7) is 0. The zero-order valence-electron chi connectivity index (χ0n) is 9.49. The summed E-state index contributed by atoms with van der Waals surface area (Å²) < 4.78 is 1.78. The Morgan fingerprint density at radius 3 is 2.56 bits per heavy atom. The molecule has 18 heavy (non-hydrogen) atoms. The summed E-state index contributed by atoms with van der Waals surface area (Å²) in [5.74, 6) is 0. The Kier molecular flexibility index (Phi) is 2.82. The highest BCUT2D eigenvalue weighted by molar-refractivity contribution is 6.30. The molecule has 3 nitrogen and oxygen atoms in total. The predicted octanol–water partition coefficient (Wildman–Crippen LogP) is 3.59. The van der Waals surface area contributed by atoms with Crippen LogP contribution in [0.15, 0.2) is 60.8 Å². The molecule has 0 N–H and O–H groups in total. The number of aromatic nitrogens is 3. The van der Waals surface area contributed by atoms with Crippen molar-refractivity contribution in [1.82, 2.24) is 15.0 Å². The molecule has 0 bridgehead atoms. The van der Waals surface area contributed by atoms with E-state index < -0.39 is 0 Å². The summed E-state index contributed by atoms with van der Waals surface area (Å²) in [5.41, 5.74) is 2.92. The maximum absolute atomic E-state index is 6.00. The van der Waals surface area contributed by atoms with E-state index in [0.29, 0.717) is 5.02 Å². The third-order valence-electron chi connectivity index (χ3n) is 2.67. The molecule has 0 aliphatic heterocycles. The predicted molar refractivity (Wildman–Crippen MR) is 71.8 cm³/mol. The maximum atomic E-state index is 6.00. The first-order valence-corrected chi connectivity index (χ1v) is 5.94. The quantitative estimate of drug-likeness (QED) is 0.701. The number of benzene rings is 2. The molecule has 0 saturated heterocycles. The molecule has 1 aromatic heterocycles. The molecule has 1 heterocycles. The van der Waals surface area contributed by atoms with E-state index in [9.17, 15) is 0 Å². The van der Waals surface area contributed by atoms with Crippen molar-refractivity contribution in [3.63, 3.8) is 0 Å². The molecule has 3 rings (SSSR count). The van der Waals surface area contributed by atoms with Gasteiger partial charge < -0.3 is 0 Å². The third-order valence-corrected chi connectivity index (χ3v) is 2.91. The number of hydrogen-bond acceptors (Lipinski definition) is 2. The minimum absolute atomic E-state index is 0.682. The first kappa shape index (κ1) is 11.0. The lowest BCUT2D eigenvalue weighted by Gasteiger charge is -2.06. The van der Waals surface area contributed by atoms with Gasteiger partial charge in [0.25, 0.3) is 0 Å². The Hall–Kier alpha value is -2.13. The number of rotatable bonds is 2. The smallest absolute Gasteiger partial charge is 0.0944 e. The van der Waals surface area contributed by atoms with Crippen LogP contribution in [0.25, 0.3) is 16.9 Å². The van der Waals surface area contributed by atoms with E-state index >= 15 is 0 Å². The van der Waals surface area contributed by atoms with Crippen LogP contribution in [0.2, 0.25) is 5.02 Å². The van der Waals surface area contributed by atoms with Gasteiger partial charge in [0.15, 0.2) is 0 Å². The lowest BCUT2D eigenvalue weighted by atomic mass is 10.1. The molecular formula is C14H10ClN3. The largest absolute Gasteiger partial charge is 0.213 e. The minimum atomic E-state index is 0.682. The van der Waals surface area contributed by atoms with E-state index in [2.05, 4.69) is 10.3 Å². The van der Waals surface area contributed by atoms with Crippen molar-refractivity contribution in [1.29, 1.82) is 0 Å². The topological polar surface area (TPSA) is 30.7 Å². The average molecular weight is 256 g/mol. The Bertz CT molecular complexity index is 662. The Morgan fingerprint density at radius 1 is 0.944 bits per heavy atom. The van der Waals surface area contributed by atoms with Gasteiger partial charge in [0.05, 0.1) is 17.6 Å². The molecule has 0 saturated carbocycles. The molecular weight excluding hydrogens is 246 g/mol. The highest BCUT2D eigenvalue weighted by Gasteiger charge is 2.08. The van der Waals surface area contributed by atoms with Crippen molar-refractivity contribution in [2.45, 2.75) is 0 Å². The molecule has 3 aromatic rings. The van der Waals surface area contributed by atoms with Crippen molar-refractivity contribution in [3.8, 4) is 16.9 Å². The summed E-state index contributed by atoms with van der Waals surface area (Å²) >= 11 is 6.00. The number of nitrogens with zero attached hydrogens (tertiary/aromatic N) is 3. The third kappa shape index (κ3) is 2.00. The molecule has 0 radical (unpaired) electrons. The first-order chi connectivity index (χ1) is 8.84. The fraction of sp³-hybridized carbons (Fsp3) is 0. The van der Waals surface area contributed by atoms with Crippen molar-refractivity contribution < 1.29 is 0 Å². The molecule has 0 aliphatic carbocycles. The lowest BCUT2D eigenvalue weighted by molar-refractivity contribution is 0.808. The van der Waals surface area contributed by atoms with E-state index in [1.807, 2.05) is 54.6 Å². The standard InChI is InChI=1S/C14H10ClN3/c15-12-7-4-8-13(9-12)18-14(10-16-17-18)11-5-2-1-3-6-11/h1-10H. The van der Waals surface area contributed by atoms with E-state index in [1.54, 1.807) is 10.9 Å². The van der Waals surface area contributed by atoms with Crippen LogP contribution in [0, 0.1) is 0 Å². The SMILES string of the molecule is Clc1cccc(-n2nncc2-c2ccccc2)c1. The van der Waals surface area contributed by atoms with Gasteiger partial charge in [0, 0.05) is 10.6 Å². The van der Waals surface area contributed by atoms with Crippen molar-refractivity contribution in [2.24, 2.45) is 0 Å². The lowest BCUT2D eigenvalue weighted by Crippen LogP contribution is -1.98. The summed E-state index contributed by atoms with van der Waals surface area (Å²) in [4.78, 5) is 0. The summed E-state index contributed by atoms with van der Waals surface area (Å²) in [6, 6.07) is 17.6. The van der Waals surface area contributed by atoms with Gasteiger partial charge >= 0.3 is 0 Å². The molecule has 0 amide bonds. The highest BCUT2D eigenvalue weighted by Crippen LogP contribution is 2.22.